The van der Waals surface area contributed by atoms with Crippen LogP contribution in [0.25, 0.3) is 0 Å². The van der Waals surface area contributed by atoms with Gasteiger partial charge in [0.05, 0.1) is 0 Å². The number of aromatic nitrogens is 2. The van der Waals surface area contributed by atoms with E-state index in [2.05, 4.69) is 45.0 Å². The van der Waals surface area contributed by atoms with Crippen molar-refractivity contribution in [2.24, 2.45) is 4.99 Å². The first-order valence-corrected chi connectivity index (χ1v) is 9.51. The third-order valence-corrected chi connectivity index (χ3v) is 4.27. The minimum absolute atomic E-state index is 0.577. The van der Waals surface area contributed by atoms with Gasteiger partial charge in [0.25, 0.3) is 0 Å². The first-order valence-electron chi connectivity index (χ1n) is 9.51. The van der Waals surface area contributed by atoms with Crippen LogP contribution in [-0.4, -0.2) is 29.3 Å². The number of aliphatic imine (C=N–C) groups is 1. The van der Waals surface area contributed by atoms with Gasteiger partial charge in [-0.2, -0.15) is 5.10 Å². The molecule has 0 saturated heterocycles. The summed E-state index contributed by atoms with van der Waals surface area (Å²) in [6.45, 7) is 3.01. The van der Waals surface area contributed by atoms with E-state index < -0.39 is 0 Å². The number of ether oxygens (including phenoxy) is 1. The van der Waals surface area contributed by atoms with Crippen molar-refractivity contribution in [1.82, 2.24) is 20.4 Å². The van der Waals surface area contributed by atoms with E-state index in [1.807, 2.05) is 47.3 Å². The third-order valence-electron chi connectivity index (χ3n) is 4.27. The van der Waals surface area contributed by atoms with Gasteiger partial charge in [0.1, 0.15) is 12.4 Å². The van der Waals surface area contributed by atoms with Crippen molar-refractivity contribution in [2.45, 2.75) is 26.1 Å². The van der Waals surface area contributed by atoms with Crippen LogP contribution in [0, 0.1) is 0 Å². The van der Waals surface area contributed by atoms with Crippen LogP contribution in [0.1, 0.15) is 17.5 Å². The molecular weight excluding hydrogens is 350 g/mol. The molecule has 0 aliphatic rings. The van der Waals surface area contributed by atoms with Gasteiger partial charge in [-0.05, 0) is 35.7 Å². The van der Waals surface area contributed by atoms with Crippen molar-refractivity contribution >= 4 is 5.96 Å². The third kappa shape index (κ3) is 6.46. The molecule has 146 valence electrons. The van der Waals surface area contributed by atoms with E-state index in [0.29, 0.717) is 13.2 Å². The fourth-order valence-electron chi connectivity index (χ4n) is 2.73. The Bertz CT molecular complexity index is 829. The molecule has 0 amide bonds. The molecule has 0 unspecified atom stereocenters. The summed E-state index contributed by atoms with van der Waals surface area (Å²) in [7, 11) is 1.78. The van der Waals surface area contributed by atoms with Gasteiger partial charge in [0.15, 0.2) is 5.96 Å². The minimum Gasteiger partial charge on any atom is -0.489 e. The second kappa shape index (κ2) is 10.8. The molecule has 28 heavy (non-hydrogen) atoms. The van der Waals surface area contributed by atoms with E-state index in [4.69, 9.17) is 4.74 Å². The lowest BCUT2D eigenvalue weighted by Crippen LogP contribution is -2.37. The first-order chi connectivity index (χ1) is 13.8. The van der Waals surface area contributed by atoms with Gasteiger partial charge < -0.3 is 15.4 Å². The van der Waals surface area contributed by atoms with E-state index in [9.17, 15) is 0 Å². The highest BCUT2D eigenvalue weighted by atomic mass is 16.5. The van der Waals surface area contributed by atoms with E-state index in [-0.39, 0.29) is 0 Å². The predicted molar refractivity (Wildman–Crippen MR) is 112 cm³/mol. The molecular formula is C22H27N5O. The molecule has 0 spiro atoms. The molecule has 0 atom stereocenters. The highest BCUT2D eigenvalue weighted by molar-refractivity contribution is 5.79. The van der Waals surface area contributed by atoms with Crippen LogP contribution in [0.2, 0.25) is 0 Å². The Morgan fingerprint density at radius 1 is 1.00 bits per heavy atom. The molecule has 2 N–H and O–H groups in total. The standard InChI is InChI=1S/C22H27N5O/c1-23-22(24-13-5-15-27-16-6-14-26-27)25-17-19-9-11-21(12-10-19)28-18-20-7-3-2-4-8-20/h2-4,6-12,14,16H,5,13,15,17-18H2,1H3,(H2,23,24,25). The fraction of sp³-hybridized carbons (Fsp3) is 0.273. The van der Waals surface area contributed by atoms with Gasteiger partial charge >= 0.3 is 0 Å². The van der Waals surface area contributed by atoms with Gasteiger partial charge in [-0.25, -0.2) is 0 Å². The van der Waals surface area contributed by atoms with Crippen LogP contribution in [-0.2, 0) is 19.7 Å². The van der Waals surface area contributed by atoms with Crippen molar-refractivity contribution in [3.63, 3.8) is 0 Å². The average molecular weight is 377 g/mol. The lowest BCUT2D eigenvalue weighted by Gasteiger charge is -2.12. The Morgan fingerprint density at radius 3 is 2.54 bits per heavy atom. The number of guanidine groups is 1. The summed E-state index contributed by atoms with van der Waals surface area (Å²) >= 11 is 0. The van der Waals surface area contributed by atoms with Gasteiger partial charge in [-0.3, -0.25) is 9.67 Å². The van der Waals surface area contributed by atoms with Crippen LogP contribution >= 0.6 is 0 Å². The molecule has 0 radical (unpaired) electrons. The van der Waals surface area contributed by atoms with Crippen molar-refractivity contribution in [3.05, 3.63) is 84.2 Å². The largest absolute Gasteiger partial charge is 0.489 e. The lowest BCUT2D eigenvalue weighted by atomic mass is 10.2. The zero-order valence-electron chi connectivity index (χ0n) is 16.2. The topological polar surface area (TPSA) is 63.5 Å². The van der Waals surface area contributed by atoms with Crippen molar-refractivity contribution in [2.75, 3.05) is 13.6 Å². The highest BCUT2D eigenvalue weighted by Gasteiger charge is 2.00. The van der Waals surface area contributed by atoms with Crippen LogP contribution < -0.4 is 15.4 Å². The number of aryl methyl sites for hydroxylation is 1. The van der Waals surface area contributed by atoms with E-state index >= 15 is 0 Å². The van der Waals surface area contributed by atoms with Gasteiger partial charge in [0.2, 0.25) is 0 Å². The first kappa shape index (κ1) is 19.5. The van der Waals surface area contributed by atoms with Crippen LogP contribution in [0.4, 0.5) is 0 Å². The molecule has 0 aliphatic heterocycles. The fourth-order valence-corrected chi connectivity index (χ4v) is 2.73. The van der Waals surface area contributed by atoms with Gasteiger partial charge in [-0.15, -0.1) is 0 Å². The Balaban J connectivity index is 1.36. The quantitative estimate of drug-likeness (QED) is 0.341. The number of benzene rings is 2. The smallest absolute Gasteiger partial charge is 0.191 e. The lowest BCUT2D eigenvalue weighted by molar-refractivity contribution is 0.306. The molecule has 1 heterocycles. The maximum absolute atomic E-state index is 5.83. The number of hydrogen-bond donors (Lipinski definition) is 2. The minimum atomic E-state index is 0.577. The summed E-state index contributed by atoms with van der Waals surface area (Å²) in [6, 6.07) is 20.2. The maximum atomic E-state index is 5.83. The summed E-state index contributed by atoms with van der Waals surface area (Å²) < 4.78 is 7.76. The van der Waals surface area contributed by atoms with Crippen molar-refractivity contribution < 1.29 is 4.74 Å². The molecule has 1 aromatic heterocycles. The molecule has 0 aliphatic carbocycles. The zero-order chi connectivity index (χ0) is 19.4. The maximum Gasteiger partial charge on any atom is 0.191 e. The molecule has 0 bridgehead atoms. The van der Waals surface area contributed by atoms with Gasteiger partial charge in [-0.1, -0.05) is 42.5 Å². The van der Waals surface area contributed by atoms with Crippen LogP contribution in [0.3, 0.4) is 0 Å². The molecule has 0 saturated carbocycles. The summed E-state index contributed by atoms with van der Waals surface area (Å²) in [4.78, 5) is 4.27. The number of nitrogens with zero attached hydrogens (tertiary/aromatic N) is 3. The Labute approximate surface area is 166 Å². The molecule has 0 fully saturated rings. The van der Waals surface area contributed by atoms with Crippen molar-refractivity contribution in [1.29, 1.82) is 0 Å². The summed E-state index contributed by atoms with van der Waals surface area (Å²) in [5, 5.41) is 10.9. The predicted octanol–water partition coefficient (Wildman–Crippen LogP) is 3.22. The van der Waals surface area contributed by atoms with E-state index in [1.165, 1.54) is 5.56 Å². The van der Waals surface area contributed by atoms with Crippen LogP contribution in [0.5, 0.6) is 5.75 Å². The monoisotopic (exact) mass is 377 g/mol. The highest BCUT2D eigenvalue weighted by Crippen LogP contribution is 2.14. The van der Waals surface area contributed by atoms with Crippen LogP contribution in [0.15, 0.2) is 78.0 Å². The number of rotatable bonds is 9. The second-order valence-corrected chi connectivity index (χ2v) is 6.39. The van der Waals surface area contributed by atoms with E-state index in [1.54, 1.807) is 13.2 Å². The van der Waals surface area contributed by atoms with Gasteiger partial charge in [0, 0.05) is 39.1 Å². The Morgan fingerprint density at radius 2 is 1.82 bits per heavy atom. The summed E-state index contributed by atoms with van der Waals surface area (Å²) in [5.74, 6) is 1.67. The molecule has 3 rings (SSSR count). The number of nitrogens with one attached hydrogen (secondary N) is 2. The zero-order valence-corrected chi connectivity index (χ0v) is 16.2. The van der Waals surface area contributed by atoms with Crippen molar-refractivity contribution in [3.8, 4) is 5.75 Å². The summed E-state index contributed by atoms with van der Waals surface area (Å²) in [6.07, 6.45) is 4.75. The Hall–Kier alpha value is -3.28. The molecule has 2 aromatic carbocycles. The summed E-state index contributed by atoms with van der Waals surface area (Å²) in [5.41, 5.74) is 2.34. The number of hydrogen-bond acceptors (Lipinski definition) is 3. The molecule has 3 aromatic rings. The Kier molecular flexibility index (Phi) is 7.49. The van der Waals surface area contributed by atoms with E-state index in [0.717, 1.165) is 36.8 Å². The molecule has 6 nitrogen and oxygen atoms in total. The molecule has 6 heteroatoms. The SMILES string of the molecule is CN=C(NCCCn1cccn1)NCc1ccc(OCc2ccccc2)cc1. The normalized spacial score (nSPS) is 11.2. The second-order valence-electron chi connectivity index (χ2n) is 6.39. The average Bonchev–Trinajstić information content (AvgIpc) is 3.27.